The Kier molecular flexibility index (Phi) is 8.75. The summed E-state index contributed by atoms with van der Waals surface area (Å²) in [5.74, 6) is -3.78. The zero-order valence-electron chi connectivity index (χ0n) is 25.4. The summed E-state index contributed by atoms with van der Waals surface area (Å²) in [6.07, 6.45) is -12.5. The first-order chi connectivity index (χ1) is 21.7. The van der Waals surface area contributed by atoms with E-state index in [0.717, 1.165) is 24.3 Å². The third-order valence-corrected chi connectivity index (χ3v) is 12.7. The Morgan fingerprint density at radius 1 is 0.894 bits per heavy atom. The van der Waals surface area contributed by atoms with Gasteiger partial charge in [0.1, 0.15) is 10.6 Å². The van der Waals surface area contributed by atoms with Gasteiger partial charge < -0.3 is 10.0 Å². The van der Waals surface area contributed by atoms with Gasteiger partial charge in [-0.2, -0.15) is 26.3 Å². The molecule has 3 aliphatic rings. The highest BCUT2D eigenvalue weighted by Crippen LogP contribution is 2.57. The highest BCUT2D eigenvalue weighted by Gasteiger charge is 2.74. The van der Waals surface area contributed by atoms with Crippen molar-refractivity contribution in [1.29, 1.82) is 0 Å². The predicted octanol–water partition coefficient (Wildman–Crippen LogP) is 7.35. The van der Waals surface area contributed by atoms with Gasteiger partial charge in [-0.05, 0) is 85.8 Å². The van der Waals surface area contributed by atoms with Crippen molar-refractivity contribution in [2.75, 3.05) is 6.54 Å². The summed E-state index contributed by atoms with van der Waals surface area (Å²) < 4.78 is 139. The molecule has 2 aromatic rings. The molecule has 6 nitrogen and oxygen atoms in total. The topological polar surface area (TPSA) is 91.8 Å². The molecule has 0 radical (unpaired) electrons. The van der Waals surface area contributed by atoms with E-state index in [4.69, 9.17) is 0 Å². The van der Waals surface area contributed by atoms with Gasteiger partial charge in [-0.15, -0.1) is 0 Å². The van der Waals surface area contributed by atoms with Crippen LogP contribution in [-0.2, 0) is 36.3 Å². The van der Waals surface area contributed by atoms with Gasteiger partial charge in [-0.1, -0.05) is 32.0 Å². The second kappa shape index (κ2) is 11.7. The van der Waals surface area contributed by atoms with E-state index >= 15 is 4.39 Å². The Morgan fingerprint density at radius 2 is 1.49 bits per heavy atom. The van der Waals surface area contributed by atoms with Crippen molar-refractivity contribution in [2.45, 2.75) is 98.4 Å². The third kappa shape index (κ3) is 5.40. The molecule has 1 saturated carbocycles. The number of fused-ring (bicyclic) bond motifs is 3. The molecule has 1 saturated heterocycles. The molecular formula is C32H33F8NO5S. The molecule has 258 valence electrons. The Bertz CT molecular complexity index is 1670. The first kappa shape index (κ1) is 35.1. The first-order valence-electron chi connectivity index (χ1n) is 15.2. The number of alkyl halides is 7. The van der Waals surface area contributed by atoms with E-state index in [9.17, 15) is 53.8 Å². The number of amides is 1. The number of carbonyl (C=O) groups excluding carboxylic acids is 1. The van der Waals surface area contributed by atoms with Crippen LogP contribution in [0.4, 0.5) is 35.1 Å². The first-order valence-corrected chi connectivity index (χ1v) is 16.7. The Morgan fingerprint density at radius 3 is 2.04 bits per heavy atom. The van der Waals surface area contributed by atoms with Crippen LogP contribution >= 0.6 is 0 Å². The molecule has 5 rings (SSSR count). The lowest BCUT2D eigenvalue weighted by molar-refractivity contribution is -0.348. The van der Waals surface area contributed by atoms with Crippen LogP contribution in [0.5, 0.6) is 0 Å². The second-order valence-corrected chi connectivity index (χ2v) is 15.2. The molecule has 1 aliphatic heterocycles. The number of aliphatic carboxylic acids is 1. The second-order valence-electron chi connectivity index (χ2n) is 13.0. The Labute approximate surface area is 266 Å². The molecule has 0 bridgehead atoms. The average molecular weight is 696 g/mol. The Balaban J connectivity index is 1.66. The van der Waals surface area contributed by atoms with Crippen LogP contribution < -0.4 is 0 Å². The van der Waals surface area contributed by atoms with E-state index in [1.54, 1.807) is 13.8 Å². The molecule has 1 heterocycles. The van der Waals surface area contributed by atoms with Crippen molar-refractivity contribution in [3.8, 4) is 0 Å². The predicted molar refractivity (Wildman–Crippen MR) is 152 cm³/mol. The maximum absolute atomic E-state index is 15.1. The number of likely N-dealkylation sites (tertiary alicyclic amines) is 1. The molecule has 15 heteroatoms. The van der Waals surface area contributed by atoms with Gasteiger partial charge in [0.25, 0.3) is 0 Å². The minimum atomic E-state index is -6.38. The van der Waals surface area contributed by atoms with Gasteiger partial charge >= 0.3 is 24.0 Å². The molecule has 1 amide bonds. The number of nitrogens with zero attached hydrogens (tertiary/aromatic N) is 1. The van der Waals surface area contributed by atoms with Crippen LogP contribution in [-0.4, -0.2) is 55.2 Å². The molecule has 2 atom stereocenters. The van der Waals surface area contributed by atoms with Crippen molar-refractivity contribution >= 4 is 21.7 Å². The molecule has 0 aromatic heterocycles. The lowest BCUT2D eigenvalue weighted by atomic mass is 9.76. The number of carbonyl (C=O) groups is 2. The summed E-state index contributed by atoms with van der Waals surface area (Å²) in [6.45, 7) is 3.14. The quantitative estimate of drug-likeness (QED) is 0.252. The largest absolute Gasteiger partial charge is 0.481 e. The molecule has 2 aromatic carbocycles. The summed E-state index contributed by atoms with van der Waals surface area (Å²) in [5.41, 5.74) is -7.80. The van der Waals surface area contributed by atoms with Gasteiger partial charge in [-0.3, -0.25) is 9.59 Å². The van der Waals surface area contributed by atoms with Crippen molar-refractivity contribution in [1.82, 2.24) is 4.90 Å². The monoisotopic (exact) mass is 695 g/mol. The van der Waals surface area contributed by atoms with Gasteiger partial charge in [0.2, 0.25) is 5.91 Å². The number of benzene rings is 2. The fourth-order valence-electron chi connectivity index (χ4n) is 7.66. The summed E-state index contributed by atoms with van der Waals surface area (Å²) in [4.78, 5) is 26.3. The van der Waals surface area contributed by atoms with E-state index < -0.39 is 79.7 Å². The van der Waals surface area contributed by atoms with Crippen molar-refractivity contribution < 1.29 is 58.2 Å². The third-order valence-electron chi connectivity index (χ3n) is 10.2. The van der Waals surface area contributed by atoms with Gasteiger partial charge in [-0.25, -0.2) is 17.2 Å². The molecule has 1 N–H and O–H groups in total. The highest BCUT2D eigenvalue weighted by atomic mass is 32.2. The number of carboxylic acids is 1. The lowest BCUT2D eigenvalue weighted by Gasteiger charge is -2.44. The molecule has 2 unspecified atom stereocenters. The number of aryl methyl sites for hydroxylation is 1. The van der Waals surface area contributed by atoms with E-state index in [1.807, 2.05) is 0 Å². The molecule has 0 spiro atoms. The van der Waals surface area contributed by atoms with Crippen LogP contribution in [0.25, 0.3) is 0 Å². The summed E-state index contributed by atoms with van der Waals surface area (Å²) in [6, 6.07) is 3.50. The van der Waals surface area contributed by atoms with Crippen molar-refractivity contribution in [2.24, 2.45) is 11.8 Å². The SMILES string of the molecule is CC(C)c1cc(S(=O)(=O)C23CCN(C(=O)[C@H]4CC[C@H](C(=O)O)CC4)C2CCc2cc(C(F)(C(F)(F)F)C(F)(F)F)ccc23)ccc1F. The van der Waals surface area contributed by atoms with E-state index in [1.165, 1.54) is 4.90 Å². The highest BCUT2D eigenvalue weighted by molar-refractivity contribution is 7.92. The summed E-state index contributed by atoms with van der Waals surface area (Å²) in [5, 5.41) is 9.35. The fourth-order valence-corrected chi connectivity index (χ4v) is 10.1. The number of hydrogen-bond acceptors (Lipinski definition) is 4. The number of carboxylic acid groups (broad SMARTS) is 1. The smallest absolute Gasteiger partial charge is 0.435 e. The lowest BCUT2D eigenvalue weighted by Crippen LogP contribution is -2.54. The zero-order chi connectivity index (χ0) is 34.9. The molecule has 2 aliphatic carbocycles. The van der Waals surface area contributed by atoms with Crippen LogP contribution in [0.15, 0.2) is 41.3 Å². The van der Waals surface area contributed by atoms with E-state index in [2.05, 4.69) is 0 Å². The maximum Gasteiger partial charge on any atom is 0.435 e. The maximum atomic E-state index is 15.1. The van der Waals surface area contributed by atoms with Crippen LogP contribution in [0, 0.1) is 17.7 Å². The normalized spacial score (nSPS) is 25.4. The average Bonchev–Trinajstić information content (AvgIpc) is 3.40. The molecule has 47 heavy (non-hydrogen) atoms. The van der Waals surface area contributed by atoms with Crippen molar-refractivity contribution in [3.63, 3.8) is 0 Å². The van der Waals surface area contributed by atoms with Gasteiger partial charge in [0.15, 0.2) is 9.84 Å². The minimum absolute atomic E-state index is 0.0593. The fraction of sp³-hybridized carbons (Fsp3) is 0.562. The van der Waals surface area contributed by atoms with Crippen LogP contribution in [0.1, 0.15) is 80.5 Å². The van der Waals surface area contributed by atoms with Crippen LogP contribution in [0.2, 0.25) is 0 Å². The molecule has 2 fully saturated rings. The summed E-state index contributed by atoms with van der Waals surface area (Å²) in [7, 11) is -4.65. The summed E-state index contributed by atoms with van der Waals surface area (Å²) >= 11 is 0. The number of halogens is 8. The van der Waals surface area contributed by atoms with Gasteiger partial charge in [0, 0.05) is 18.0 Å². The van der Waals surface area contributed by atoms with Crippen LogP contribution in [0.3, 0.4) is 0 Å². The minimum Gasteiger partial charge on any atom is -0.481 e. The Hall–Kier alpha value is -3.23. The zero-order valence-corrected chi connectivity index (χ0v) is 26.2. The van der Waals surface area contributed by atoms with Crippen molar-refractivity contribution in [3.05, 3.63) is 64.5 Å². The number of rotatable bonds is 6. The van der Waals surface area contributed by atoms with E-state index in [0.29, 0.717) is 12.1 Å². The van der Waals surface area contributed by atoms with E-state index in [-0.39, 0.29) is 73.1 Å². The number of sulfone groups is 1. The standard InChI is InChI=1S/C32H33F8NO5S/c1-17(2)23-16-22(9-11-25(23)33)47(45,46)29-13-14-41(27(42)18-3-5-19(6-4-18)28(43)44)26(29)12-7-20-15-21(8-10-24(20)29)30(34,31(35,36)37)32(38,39)40/h8-11,15-19,26H,3-7,12-14H2,1-2H3,(H,43,44)/t18-,19-,26?,29?. The van der Waals surface area contributed by atoms with Gasteiger partial charge in [0.05, 0.1) is 16.9 Å². The number of hydrogen-bond donors (Lipinski definition) is 1. The molecular weight excluding hydrogens is 662 g/mol.